The normalized spacial score (nSPS) is 11.2. The summed E-state index contributed by atoms with van der Waals surface area (Å²) in [6, 6.07) is 14.3. The maximum absolute atomic E-state index is 6.12. The number of thiazole rings is 1. The Labute approximate surface area is 179 Å². The Balaban J connectivity index is 1.52. The Hall–Kier alpha value is -3.26. The number of aryl methyl sites for hydroxylation is 1. The topological polar surface area (TPSA) is 91.7 Å². The molecule has 7 nitrogen and oxygen atoms in total. The fraction of sp³-hybridized carbons (Fsp3) is 0.273. The number of rotatable bonds is 7. The average Bonchev–Trinajstić information content (AvgIpc) is 3.38. The van der Waals surface area contributed by atoms with E-state index in [0.29, 0.717) is 17.7 Å². The quantitative estimate of drug-likeness (QED) is 0.476. The summed E-state index contributed by atoms with van der Waals surface area (Å²) in [4.78, 5) is 5.63. The van der Waals surface area contributed by atoms with Gasteiger partial charge in [-0.25, -0.2) is 9.67 Å². The number of nitrogens with two attached hydrogens (primary N) is 1. The third-order valence-corrected chi connectivity index (χ3v) is 5.71. The number of hydrogen-bond acceptors (Lipinski definition) is 7. The fourth-order valence-electron chi connectivity index (χ4n) is 3.41. The maximum atomic E-state index is 6.12. The van der Waals surface area contributed by atoms with Gasteiger partial charge in [-0.05, 0) is 58.2 Å². The van der Waals surface area contributed by atoms with Gasteiger partial charge in [0, 0.05) is 6.42 Å². The predicted octanol–water partition coefficient (Wildman–Crippen LogP) is 4.42. The van der Waals surface area contributed by atoms with Crippen LogP contribution in [-0.2, 0) is 6.42 Å². The van der Waals surface area contributed by atoms with E-state index in [4.69, 9.17) is 10.5 Å². The molecule has 8 heteroatoms. The summed E-state index contributed by atoms with van der Waals surface area (Å²) < 4.78 is 7.79. The molecule has 4 rings (SSSR count). The number of para-hydroxylation sites is 1. The molecule has 2 aromatic carbocycles. The van der Waals surface area contributed by atoms with Crippen molar-refractivity contribution in [3.63, 3.8) is 0 Å². The predicted molar refractivity (Wildman–Crippen MR) is 119 cm³/mol. The molecule has 2 N–H and O–H groups in total. The van der Waals surface area contributed by atoms with Crippen LogP contribution < -0.4 is 10.5 Å². The molecule has 0 atom stereocenters. The van der Waals surface area contributed by atoms with Crippen LogP contribution in [0.25, 0.3) is 16.1 Å². The van der Waals surface area contributed by atoms with Crippen LogP contribution in [0.15, 0.2) is 48.8 Å². The van der Waals surface area contributed by atoms with Crippen LogP contribution in [0.5, 0.6) is 5.75 Å². The van der Waals surface area contributed by atoms with Crippen molar-refractivity contribution in [2.75, 3.05) is 12.3 Å². The molecule has 0 fully saturated rings. The van der Waals surface area contributed by atoms with Gasteiger partial charge in [-0.3, -0.25) is 0 Å². The van der Waals surface area contributed by atoms with Gasteiger partial charge in [0.1, 0.15) is 12.1 Å². The zero-order valence-corrected chi connectivity index (χ0v) is 18.1. The zero-order chi connectivity index (χ0) is 21.1. The minimum absolute atomic E-state index is 0.307. The number of nitrogen functional groups attached to an aromatic ring is 1. The van der Waals surface area contributed by atoms with E-state index in [2.05, 4.69) is 65.5 Å². The minimum atomic E-state index is 0.307. The molecule has 0 aliphatic carbocycles. The van der Waals surface area contributed by atoms with Crippen molar-refractivity contribution in [2.24, 2.45) is 0 Å². The maximum Gasteiger partial charge on any atom is 0.180 e. The summed E-state index contributed by atoms with van der Waals surface area (Å²) in [5.74, 6) is 1.15. The highest BCUT2D eigenvalue weighted by atomic mass is 32.1. The number of hydrogen-bond donors (Lipinski definition) is 1. The van der Waals surface area contributed by atoms with Crippen LogP contribution in [0.2, 0.25) is 0 Å². The molecule has 0 aliphatic heterocycles. The van der Waals surface area contributed by atoms with Crippen LogP contribution in [0, 0.1) is 6.92 Å². The van der Waals surface area contributed by atoms with Crippen LogP contribution in [0.4, 0.5) is 5.13 Å². The molecule has 4 aromatic rings. The van der Waals surface area contributed by atoms with Crippen molar-refractivity contribution in [1.82, 2.24) is 25.2 Å². The summed E-state index contributed by atoms with van der Waals surface area (Å²) in [6.07, 6.45) is 2.34. The second kappa shape index (κ2) is 8.62. The van der Waals surface area contributed by atoms with E-state index >= 15 is 0 Å². The highest BCUT2D eigenvalue weighted by molar-refractivity contribution is 7.18. The van der Waals surface area contributed by atoms with Gasteiger partial charge in [-0.1, -0.05) is 49.4 Å². The Kier molecular flexibility index (Phi) is 5.76. The number of tetrazole rings is 1. The van der Waals surface area contributed by atoms with Crippen molar-refractivity contribution in [2.45, 2.75) is 33.1 Å². The number of benzene rings is 2. The lowest BCUT2D eigenvalue weighted by molar-refractivity contribution is 0.321. The number of ether oxygens (including phenoxy) is 1. The molecule has 2 aromatic heterocycles. The molecule has 0 aliphatic rings. The third kappa shape index (κ3) is 4.33. The Morgan fingerprint density at radius 3 is 2.77 bits per heavy atom. The highest BCUT2D eigenvalue weighted by Gasteiger charge is 2.16. The van der Waals surface area contributed by atoms with Gasteiger partial charge < -0.3 is 10.5 Å². The second-order valence-corrected chi connectivity index (χ2v) is 8.47. The molecule has 0 saturated carbocycles. The molecule has 154 valence electrons. The van der Waals surface area contributed by atoms with Crippen LogP contribution in [-0.4, -0.2) is 31.8 Å². The smallest absolute Gasteiger partial charge is 0.180 e. The Morgan fingerprint density at radius 2 is 2.00 bits per heavy atom. The van der Waals surface area contributed by atoms with Gasteiger partial charge in [0.05, 0.1) is 22.9 Å². The third-order valence-electron chi connectivity index (χ3n) is 4.76. The number of anilines is 1. The van der Waals surface area contributed by atoms with Crippen molar-refractivity contribution in [3.8, 4) is 21.9 Å². The number of aromatic nitrogens is 5. The standard InChI is InChI=1S/C22H24N6OS/c1-14(2)20-21(30-22(23)25-20)17-10-15(3)11-18(12-17)29-9-8-16-6-4-5-7-19(16)28-13-24-26-27-28/h4-7,10-14H,8-9H2,1-3H3,(H2,23,25). The summed E-state index contributed by atoms with van der Waals surface area (Å²) in [5, 5.41) is 12.0. The van der Waals surface area contributed by atoms with Crippen LogP contribution in [0.1, 0.15) is 36.6 Å². The summed E-state index contributed by atoms with van der Waals surface area (Å²) in [7, 11) is 0. The molecule has 0 bridgehead atoms. The molecule has 0 amide bonds. The van der Waals surface area contributed by atoms with Gasteiger partial charge in [0.2, 0.25) is 0 Å². The SMILES string of the molecule is Cc1cc(OCCc2ccccc2-n2cnnn2)cc(-c2sc(N)nc2C(C)C)c1. The van der Waals surface area contributed by atoms with E-state index in [1.54, 1.807) is 11.0 Å². The van der Waals surface area contributed by atoms with Gasteiger partial charge in [-0.2, -0.15) is 0 Å². The highest BCUT2D eigenvalue weighted by Crippen LogP contribution is 2.37. The first kappa shape index (κ1) is 20.0. The lowest BCUT2D eigenvalue weighted by atomic mass is 10.0. The van der Waals surface area contributed by atoms with Gasteiger partial charge >= 0.3 is 0 Å². The van der Waals surface area contributed by atoms with Crippen molar-refractivity contribution in [1.29, 1.82) is 0 Å². The van der Waals surface area contributed by atoms with E-state index in [9.17, 15) is 0 Å². The summed E-state index contributed by atoms with van der Waals surface area (Å²) in [5.41, 5.74) is 11.3. The van der Waals surface area contributed by atoms with Gasteiger partial charge in [0.15, 0.2) is 5.13 Å². The fourth-order valence-corrected chi connectivity index (χ4v) is 4.38. The molecule has 30 heavy (non-hydrogen) atoms. The van der Waals surface area contributed by atoms with Gasteiger partial charge in [-0.15, -0.1) is 5.10 Å². The lowest BCUT2D eigenvalue weighted by Crippen LogP contribution is -2.06. The van der Waals surface area contributed by atoms with E-state index in [1.807, 2.05) is 18.2 Å². The molecular weight excluding hydrogens is 396 g/mol. The first-order chi connectivity index (χ1) is 14.5. The zero-order valence-electron chi connectivity index (χ0n) is 17.2. The average molecular weight is 421 g/mol. The molecular formula is C22H24N6OS. The lowest BCUT2D eigenvalue weighted by Gasteiger charge is -2.12. The summed E-state index contributed by atoms with van der Waals surface area (Å²) in [6.45, 7) is 6.88. The second-order valence-electron chi connectivity index (χ2n) is 7.44. The Morgan fingerprint density at radius 1 is 1.17 bits per heavy atom. The van der Waals surface area contributed by atoms with E-state index in [0.717, 1.165) is 45.1 Å². The van der Waals surface area contributed by atoms with Crippen molar-refractivity contribution in [3.05, 3.63) is 65.6 Å². The molecule has 0 spiro atoms. The van der Waals surface area contributed by atoms with Crippen LogP contribution in [0.3, 0.4) is 0 Å². The van der Waals surface area contributed by atoms with Crippen molar-refractivity contribution >= 4 is 16.5 Å². The van der Waals surface area contributed by atoms with Crippen LogP contribution >= 0.6 is 11.3 Å². The van der Waals surface area contributed by atoms with E-state index < -0.39 is 0 Å². The molecule has 0 saturated heterocycles. The first-order valence-electron chi connectivity index (χ1n) is 9.83. The minimum Gasteiger partial charge on any atom is -0.493 e. The van der Waals surface area contributed by atoms with Gasteiger partial charge in [0.25, 0.3) is 0 Å². The van der Waals surface area contributed by atoms with E-state index in [-0.39, 0.29) is 0 Å². The molecule has 0 unspecified atom stereocenters. The largest absolute Gasteiger partial charge is 0.493 e. The Bertz CT molecular complexity index is 1140. The van der Waals surface area contributed by atoms with Crippen molar-refractivity contribution < 1.29 is 4.74 Å². The number of nitrogens with zero attached hydrogens (tertiary/aromatic N) is 5. The molecule has 2 heterocycles. The molecule has 0 radical (unpaired) electrons. The summed E-state index contributed by atoms with van der Waals surface area (Å²) >= 11 is 1.52. The first-order valence-corrected chi connectivity index (χ1v) is 10.6. The monoisotopic (exact) mass is 420 g/mol. The van der Waals surface area contributed by atoms with E-state index in [1.165, 1.54) is 11.3 Å².